The molecule has 1 heterocycles. The van der Waals surface area contributed by atoms with Gasteiger partial charge in [-0.2, -0.15) is 0 Å². The minimum atomic E-state index is -0.491. The van der Waals surface area contributed by atoms with Crippen LogP contribution in [0.4, 0.5) is 14.5 Å². The summed E-state index contributed by atoms with van der Waals surface area (Å²) >= 11 is 0. The van der Waals surface area contributed by atoms with Crippen LogP contribution in [0.3, 0.4) is 0 Å². The van der Waals surface area contributed by atoms with Gasteiger partial charge in [0, 0.05) is 23.7 Å². The molecule has 0 aromatic heterocycles. The topological polar surface area (TPSA) is 3.24 Å². The zero-order valence-corrected chi connectivity index (χ0v) is 14.7. The Bertz CT molecular complexity index is 730. The standard InChI is InChI=1S/C21H25F2N/c1-4-17-14-21(3,13-15-9-7-6-8-10-15)18-11-16(22)12-19(23)20(18)24(17)5-2/h4,6-7,9,11-12H,5,8,10,13-14H2,1-3H3/b17-4-. The summed E-state index contributed by atoms with van der Waals surface area (Å²) in [6, 6.07) is 2.54. The second kappa shape index (κ2) is 6.54. The molecule has 1 nitrogen and oxygen atoms in total. The molecule has 3 heteroatoms. The van der Waals surface area contributed by atoms with Crippen molar-refractivity contribution in [1.82, 2.24) is 0 Å². The Kier molecular flexibility index (Phi) is 4.62. The van der Waals surface area contributed by atoms with Gasteiger partial charge in [0.05, 0.1) is 5.69 Å². The molecule has 1 aliphatic heterocycles. The van der Waals surface area contributed by atoms with Crippen LogP contribution in [0.15, 0.2) is 47.7 Å². The van der Waals surface area contributed by atoms with Crippen LogP contribution in [0.25, 0.3) is 0 Å². The van der Waals surface area contributed by atoms with Crippen molar-refractivity contribution in [3.8, 4) is 0 Å². The highest BCUT2D eigenvalue weighted by molar-refractivity contribution is 5.65. The number of nitrogens with zero attached hydrogens (tertiary/aromatic N) is 1. The quantitative estimate of drug-likeness (QED) is 0.655. The molecule has 0 saturated heterocycles. The molecule has 0 radical (unpaired) electrons. The van der Waals surface area contributed by atoms with Crippen molar-refractivity contribution in [3.05, 3.63) is 64.9 Å². The lowest BCUT2D eigenvalue weighted by Crippen LogP contribution is -2.38. The molecule has 128 valence electrons. The van der Waals surface area contributed by atoms with E-state index in [0.29, 0.717) is 12.2 Å². The lowest BCUT2D eigenvalue weighted by Gasteiger charge is -2.44. The number of allylic oxidation sites excluding steroid dienone is 6. The maximum absolute atomic E-state index is 14.7. The Morgan fingerprint density at radius 3 is 2.71 bits per heavy atom. The van der Waals surface area contributed by atoms with Crippen LogP contribution in [0, 0.1) is 11.6 Å². The molecule has 0 N–H and O–H groups in total. The van der Waals surface area contributed by atoms with E-state index in [9.17, 15) is 8.78 Å². The van der Waals surface area contributed by atoms with Crippen molar-refractivity contribution in [3.63, 3.8) is 0 Å². The number of rotatable bonds is 3. The van der Waals surface area contributed by atoms with Crippen molar-refractivity contribution in [1.29, 1.82) is 0 Å². The molecule has 1 aromatic carbocycles. The number of fused-ring (bicyclic) bond motifs is 1. The van der Waals surface area contributed by atoms with Crippen LogP contribution in [0.5, 0.6) is 0 Å². The third kappa shape index (κ3) is 2.92. The molecule has 2 aliphatic rings. The van der Waals surface area contributed by atoms with Crippen LogP contribution in [-0.2, 0) is 5.41 Å². The van der Waals surface area contributed by atoms with Crippen molar-refractivity contribution in [2.75, 3.05) is 11.4 Å². The normalized spacial score (nSPS) is 25.0. The summed E-state index contributed by atoms with van der Waals surface area (Å²) < 4.78 is 28.7. The summed E-state index contributed by atoms with van der Waals surface area (Å²) in [5, 5.41) is 0. The molecule has 1 atom stereocenters. The summed E-state index contributed by atoms with van der Waals surface area (Å²) in [7, 11) is 0. The van der Waals surface area contributed by atoms with Crippen LogP contribution < -0.4 is 4.90 Å². The number of halogens is 2. The largest absolute Gasteiger partial charge is 0.343 e. The van der Waals surface area contributed by atoms with Crippen LogP contribution in [-0.4, -0.2) is 6.54 Å². The van der Waals surface area contributed by atoms with Gasteiger partial charge in [-0.1, -0.05) is 36.8 Å². The van der Waals surface area contributed by atoms with Gasteiger partial charge in [0.1, 0.15) is 11.6 Å². The van der Waals surface area contributed by atoms with Crippen LogP contribution in [0.1, 0.15) is 52.0 Å². The average Bonchev–Trinajstić information content (AvgIpc) is 2.56. The third-order valence-corrected chi connectivity index (χ3v) is 5.23. The molecule has 0 saturated carbocycles. The smallest absolute Gasteiger partial charge is 0.150 e. The number of hydrogen-bond donors (Lipinski definition) is 0. The van der Waals surface area contributed by atoms with E-state index < -0.39 is 11.6 Å². The first-order valence-corrected chi connectivity index (χ1v) is 8.75. The minimum Gasteiger partial charge on any atom is -0.343 e. The molecule has 0 bridgehead atoms. The van der Waals surface area contributed by atoms with E-state index in [1.165, 1.54) is 11.6 Å². The predicted octanol–water partition coefficient (Wildman–Crippen LogP) is 6.02. The first-order chi connectivity index (χ1) is 11.5. The van der Waals surface area contributed by atoms with E-state index >= 15 is 0 Å². The van der Waals surface area contributed by atoms with Gasteiger partial charge in [0.15, 0.2) is 0 Å². The fourth-order valence-corrected chi connectivity index (χ4v) is 4.11. The highest BCUT2D eigenvalue weighted by Crippen LogP contribution is 2.49. The van der Waals surface area contributed by atoms with Gasteiger partial charge in [0.25, 0.3) is 0 Å². The Labute approximate surface area is 143 Å². The van der Waals surface area contributed by atoms with E-state index in [1.54, 1.807) is 0 Å². The van der Waals surface area contributed by atoms with Crippen molar-refractivity contribution < 1.29 is 8.78 Å². The Hall–Kier alpha value is -1.90. The predicted molar refractivity (Wildman–Crippen MR) is 96.2 cm³/mol. The maximum atomic E-state index is 14.7. The van der Waals surface area contributed by atoms with E-state index in [2.05, 4.69) is 31.2 Å². The fraction of sp³-hybridized carbons (Fsp3) is 0.429. The number of benzene rings is 1. The van der Waals surface area contributed by atoms with Gasteiger partial charge in [0.2, 0.25) is 0 Å². The highest BCUT2D eigenvalue weighted by Gasteiger charge is 2.39. The molecule has 1 aliphatic carbocycles. The lowest BCUT2D eigenvalue weighted by molar-refractivity contribution is 0.425. The molecule has 3 rings (SSSR count). The maximum Gasteiger partial charge on any atom is 0.150 e. The molecule has 1 unspecified atom stereocenters. The molecule has 0 spiro atoms. The van der Waals surface area contributed by atoms with E-state index in [0.717, 1.165) is 43.0 Å². The number of anilines is 1. The SMILES string of the molecule is C/C=C1/CC(C)(CC2=CC=CCC2)c2cc(F)cc(F)c2N1CC. The second-order valence-corrected chi connectivity index (χ2v) is 7.01. The Balaban J connectivity index is 2.13. The summed E-state index contributed by atoms with van der Waals surface area (Å²) in [6.07, 6.45) is 12.2. The molecule has 0 amide bonds. The second-order valence-electron chi connectivity index (χ2n) is 7.01. The van der Waals surface area contributed by atoms with E-state index in [4.69, 9.17) is 0 Å². The molecule has 24 heavy (non-hydrogen) atoms. The number of hydrogen-bond acceptors (Lipinski definition) is 1. The highest BCUT2D eigenvalue weighted by atomic mass is 19.1. The minimum absolute atomic E-state index is 0.289. The van der Waals surface area contributed by atoms with Crippen LogP contribution in [0.2, 0.25) is 0 Å². The summed E-state index contributed by atoms with van der Waals surface area (Å²) in [5.41, 5.74) is 3.53. The van der Waals surface area contributed by atoms with Gasteiger partial charge in [-0.3, -0.25) is 0 Å². The Morgan fingerprint density at radius 2 is 2.08 bits per heavy atom. The van der Waals surface area contributed by atoms with E-state index in [1.807, 2.05) is 18.7 Å². The van der Waals surface area contributed by atoms with Gasteiger partial charge >= 0.3 is 0 Å². The fourth-order valence-electron chi connectivity index (χ4n) is 4.11. The third-order valence-electron chi connectivity index (χ3n) is 5.23. The van der Waals surface area contributed by atoms with E-state index in [-0.39, 0.29) is 5.41 Å². The summed E-state index contributed by atoms with van der Waals surface area (Å²) in [5.74, 6) is -0.954. The van der Waals surface area contributed by atoms with Crippen molar-refractivity contribution >= 4 is 5.69 Å². The molecule has 1 aromatic rings. The molecular formula is C21H25F2N. The summed E-state index contributed by atoms with van der Waals surface area (Å²) in [4.78, 5) is 1.99. The molecular weight excluding hydrogens is 304 g/mol. The van der Waals surface area contributed by atoms with Crippen molar-refractivity contribution in [2.45, 2.75) is 51.9 Å². The lowest BCUT2D eigenvalue weighted by atomic mass is 9.69. The zero-order chi connectivity index (χ0) is 17.3. The van der Waals surface area contributed by atoms with Crippen LogP contribution >= 0.6 is 0 Å². The first-order valence-electron chi connectivity index (χ1n) is 8.75. The zero-order valence-electron chi connectivity index (χ0n) is 14.7. The first kappa shape index (κ1) is 16.9. The summed E-state index contributed by atoms with van der Waals surface area (Å²) in [6.45, 7) is 6.82. The monoisotopic (exact) mass is 329 g/mol. The molecule has 0 fully saturated rings. The Morgan fingerprint density at radius 1 is 1.29 bits per heavy atom. The van der Waals surface area contributed by atoms with Gasteiger partial charge in [-0.05, 0) is 51.2 Å². The van der Waals surface area contributed by atoms with Gasteiger partial charge < -0.3 is 4.90 Å². The van der Waals surface area contributed by atoms with Crippen molar-refractivity contribution in [2.24, 2.45) is 0 Å². The van der Waals surface area contributed by atoms with Gasteiger partial charge in [-0.25, -0.2) is 8.78 Å². The van der Waals surface area contributed by atoms with Gasteiger partial charge in [-0.15, -0.1) is 0 Å². The average molecular weight is 329 g/mol.